The maximum Gasteiger partial charge on any atom is 0.162 e. The first kappa shape index (κ1) is 10.5. The minimum atomic E-state index is 0.138. The summed E-state index contributed by atoms with van der Waals surface area (Å²) >= 11 is 5.89. The summed E-state index contributed by atoms with van der Waals surface area (Å²) in [6, 6.07) is 0.573. The van der Waals surface area contributed by atoms with Crippen LogP contribution in [0.2, 0.25) is 0 Å². The fraction of sp³-hybridized carbons (Fsp3) is 0.818. The first-order valence-corrected chi connectivity index (χ1v) is 6.55. The van der Waals surface area contributed by atoms with Gasteiger partial charge in [-0.05, 0) is 32.1 Å². The molecule has 1 aliphatic carbocycles. The summed E-state index contributed by atoms with van der Waals surface area (Å²) in [5.74, 6) is 2.34. The molecule has 16 heavy (non-hydrogen) atoms. The van der Waals surface area contributed by atoms with E-state index in [4.69, 9.17) is 16.3 Å². The minimum Gasteiger partial charge on any atom is -0.370 e. The Morgan fingerprint density at radius 2 is 2.12 bits per heavy atom. The van der Waals surface area contributed by atoms with Crippen molar-refractivity contribution in [2.75, 3.05) is 6.61 Å². The first-order valence-electron chi connectivity index (χ1n) is 6.01. The number of aromatic nitrogens is 3. The lowest BCUT2D eigenvalue weighted by Gasteiger charge is -2.22. The third kappa shape index (κ3) is 1.84. The fourth-order valence-electron chi connectivity index (χ4n) is 2.32. The van der Waals surface area contributed by atoms with Crippen molar-refractivity contribution < 1.29 is 4.74 Å². The van der Waals surface area contributed by atoms with Crippen molar-refractivity contribution in [3.8, 4) is 0 Å². The average molecular weight is 242 g/mol. The van der Waals surface area contributed by atoms with Crippen molar-refractivity contribution >= 4 is 11.6 Å². The molecule has 1 aromatic rings. The van der Waals surface area contributed by atoms with E-state index in [0.29, 0.717) is 11.9 Å². The highest BCUT2D eigenvalue weighted by Gasteiger charge is 2.32. The van der Waals surface area contributed by atoms with Crippen LogP contribution in [0.3, 0.4) is 0 Å². The van der Waals surface area contributed by atoms with Gasteiger partial charge in [0, 0.05) is 12.6 Å². The Labute approximate surface area is 99.9 Å². The van der Waals surface area contributed by atoms with E-state index in [1.54, 1.807) is 0 Å². The highest BCUT2D eigenvalue weighted by atomic mass is 35.5. The van der Waals surface area contributed by atoms with Gasteiger partial charge in [-0.2, -0.15) is 0 Å². The zero-order valence-electron chi connectivity index (χ0n) is 9.23. The van der Waals surface area contributed by atoms with Crippen LogP contribution in [0, 0.1) is 0 Å². The molecule has 1 unspecified atom stereocenters. The molecular formula is C11H16ClN3O. The quantitative estimate of drug-likeness (QED) is 0.764. The van der Waals surface area contributed by atoms with Gasteiger partial charge in [0.1, 0.15) is 11.9 Å². The zero-order valence-corrected chi connectivity index (χ0v) is 9.99. The zero-order chi connectivity index (χ0) is 11.0. The van der Waals surface area contributed by atoms with Gasteiger partial charge in [-0.3, -0.25) is 0 Å². The second-order valence-electron chi connectivity index (χ2n) is 4.56. The Balaban J connectivity index is 1.89. The molecule has 4 nitrogen and oxygen atoms in total. The SMILES string of the molecule is ClCc1nnc(C2CCCCO2)n1C1CC1. The van der Waals surface area contributed by atoms with Crippen molar-refractivity contribution in [2.24, 2.45) is 0 Å². The standard InChI is InChI=1S/C11H16ClN3O/c12-7-10-13-14-11(15(10)8-4-5-8)9-3-1-2-6-16-9/h8-9H,1-7H2. The Hall–Kier alpha value is -0.610. The van der Waals surface area contributed by atoms with Crippen LogP contribution in [0.4, 0.5) is 0 Å². The molecule has 0 N–H and O–H groups in total. The summed E-state index contributed by atoms with van der Waals surface area (Å²) in [6.45, 7) is 0.846. The Bertz CT molecular complexity index is 369. The first-order chi connectivity index (χ1) is 7.90. The molecule has 1 aliphatic heterocycles. The van der Waals surface area contributed by atoms with Crippen molar-refractivity contribution in [2.45, 2.75) is 50.1 Å². The van der Waals surface area contributed by atoms with Crippen molar-refractivity contribution in [3.05, 3.63) is 11.6 Å². The van der Waals surface area contributed by atoms with E-state index in [2.05, 4.69) is 14.8 Å². The van der Waals surface area contributed by atoms with Crippen LogP contribution in [0.1, 0.15) is 55.9 Å². The maximum absolute atomic E-state index is 5.89. The van der Waals surface area contributed by atoms with Crippen LogP contribution in [-0.2, 0) is 10.6 Å². The highest BCUT2D eigenvalue weighted by molar-refractivity contribution is 6.16. The molecule has 88 valence electrons. The molecule has 1 saturated heterocycles. The minimum absolute atomic E-state index is 0.138. The Kier molecular flexibility index (Phi) is 2.86. The van der Waals surface area contributed by atoms with Gasteiger partial charge in [0.2, 0.25) is 0 Å². The fourth-order valence-corrected chi connectivity index (χ4v) is 2.51. The van der Waals surface area contributed by atoms with Crippen LogP contribution in [0.15, 0.2) is 0 Å². The predicted molar refractivity (Wildman–Crippen MR) is 60.4 cm³/mol. The molecule has 5 heteroatoms. The van der Waals surface area contributed by atoms with Crippen molar-refractivity contribution in [1.82, 2.24) is 14.8 Å². The van der Waals surface area contributed by atoms with E-state index in [-0.39, 0.29) is 6.10 Å². The van der Waals surface area contributed by atoms with Crippen LogP contribution < -0.4 is 0 Å². The number of hydrogen-bond acceptors (Lipinski definition) is 3. The molecule has 2 heterocycles. The van der Waals surface area contributed by atoms with E-state index >= 15 is 0 Å². The van der Waals surface area contributed by atoms with Gasteiger partial charge in [0.05, 0.1) is 5.88 Å². The van der Waals surface area contributed by atoms with Crippen molar-refractivity contribution in [1.29, 1.82) is 0 Å². The van der Waals surface area contributed by atoms with Gasteiger partial charge >= 0.3 is 0 Å². The molecule has 2 aliphatic rings. The molecule has 0 radical (unpaired) electrons. The summed E-state index contributed by atoms with van der Waals surface area (Å²) in [5, 5.41) is 8.45. The number of ether oxygens (including phenoxy) is 1. The number of halogens is 1. The van der Waals surface area contributed by atoms with Crippen LogP contribution in [0.25, 0.3) is 0 Å². The third-order valence-electron chi connectivity index (χ3n) is 3.29. The molecule has 1 atom stereocenters. The third-order valence-corrected chi connectivity index (χ3v) is 3.53. The van der Waals surface area contributed by atoms with Crippen molar-refractivity contribution in [3.63, 3.8) is 0 Å². The number of hydrogen-bond donors (Lipinski definition) is 0. The van der Waals surface area contributed by atoms with E-state index in [1.165, 1.54) is 19.3 Å². The number of nitrogens with zero attached hydrogens (tertiary/aromatic N) is 3. The van der Waals surface area contributed by atoms with E-state index in [1.807, 2.05) is 0 Å². The summed E-state index contributed by atoms with van der Waals surface area (Å²) in [7, 11) is 0. The lowest BCUT2D eigenvalue weighted by molar-refractivity contribution is 0.00701. The lowest BCUT2D eigenvalue weighted by atomic mass is 10.1. The normalized spacial score (nSPS) is 25.9. The summed E-state index contributed by atoms with van der Waals surface area (Å²) in [5.41, 5.74) is 0. The highest BCUT2D eigenvalue weighted by Crippen LogP contribution is 2.39. The molecule has 0 amide bonds. The summed E-state index contributed by atoms with van der Waals surface area (Å²) in [6.07, 6.45) is 6.03. The lowest BCUT2D eigenvalue weighted by Crippen LogP contribution is -2.17. The van der Waals surface area contributed by atoms with Gasteiger partial charge in [-0.1, -0.05) is 0 Å². The van der Waals surface area contributed by atoms with E-state index < -0.39 is 0 Å². The van der Waals surface area contributed by atoms with Gasteiger partial charge in [-0.15, -0.1) is 21.8 Å². The molecule has 2 fully saturated rings. The van der Waals surface area contributed by atoms with Crippen LogP contribution in [0.5, 0.6) is 0 Å². The second kappa shape index (κ2) is 4.34. The summed E-state index contributed by atoms with van der Waals surface area (Å²) in [4.78, 5) is 0. The van der Waals surface area contributed by atoms with Gasteiger partial charge < -0.3 is 9.30 Å². The smallest absolute Gasteiger partial charge is 0.162 e. The Morgan fingerprint density at radius 3 is 2.75 bits per heavy atom. The molecule has 0 spiro atoms. The maximum atomic E-state index is 5.89. The topological polar surface area (TPSA) is 39.9 Å². The molecule has 1 saturated carbocycles. The predicted octanol–water partition coefficient (Wildman–Crippen LogP) is 2.59. The van der Waals surface area contributed by atoms with Crippen LogP contribution >= 0.6 is 11.6 Å². The summed E-state index contributed by atoms with van der Waals surface area (Å²) < 4.78 is 7.99. The number of alkyl halides is 1. The average Bonchev–Trinajstić information content (AvgIpc) is 3.09. The largest absolute Gasteiger partial charge is 0.370 e. The molecular weight excluding hydrogens is 226 g/mol. The van der Waals surface area contributed by atoms with Gasteiger partial charge in [0.25, 0.3) is 0 Å². The van der Waals surface area contributed by atoms with Crippen LogP contribution in [-0.4, -0.2) is 21.4 Å². The van der Waals surface area contributed by atoms with Gasteiger partial charge in [-0.25, -0.2) is 0 Å². The Morgan fingerprint density at radius 1 is 1.25 bits per heavy atom. The number of rotatable bonds is 3. The monoisotopic (exact) mass is 241 g/mol. The molecule has 1 aromatic heterocycles. The molecule has 0 aromatic carbocycles. The van der Waals surface area contributed by atoms with Gasteiger partial charge in [0.15, 0.2) is 5.82 Å². The molecule has 0 bridgehead atoms. The molecule has 3 rings (SSSR count). The second-order valence-corrected chi connectivity index (χ2v) is 4.83. The van der Waals surface area contributed by atoms with E-state index in [9.17, 15) is 0 Å². The van der Waals surface area contributed by atoms with E-state index in [0.717, 1.165) is 31.1 Å².